The lowest BCUT2D eigenvalue weighted by Crippen LogP contribution is -2.36. The van der Waals surface area contributed by atoms with Crippen LogP contribution in [0, 0.1) is 0 Å². The molecular formula is C10H11BrF2N2O2. The highest BCUT2D eigenvalue weighted by Crippen LogP contribution is 2.30. The number of alkyl halides is 2. The normalized spacial score (nSPS) is 16.4. The molecule has 1 aromatic rings. The molecule has 2 heterocycles. The van der Waals surface area contributed by atoms with Crippen LogP contribution in [0.2, 0.25) is 0 Å². The van der Waals surface area contributed by atoms with Gasteiger partial charge in [-0.3, -0.25) is 0 Å². The van der Waals surface area contributed by atoms with Crippen molar-refractivity contribution in [3.05, 3.63) is 16.7 Å². The summed E-state index contributed by atoms with van der Waals surface area (Å²) in [6.07, 6.45) is 1.43. The summed E-state index contributed by atoms with van der Waals surface area (Å²) in [5.41, 5.74) is 0.558. The number of ether oxygens (including phenoxy) is 2. The maximum atomic E-state index is 12.3. The molecule has 0 amide bonds. The Morgan fingerprint density at radius 2 is 2.12 bits per heavy atom. The van der Waals surface area contributed by atoms with E-state index in [1.165, 1.54) is 6.20 Å². The molecule has 1 aliphatic rings. The van der Waals surface area contributed by atoms with Gasteiger partial charge in [-0.2, -0.15) is 8.78 Å². The number of nitrogens with zero attached hydrogens (tertiary/aromatic N) is 2. The average molecular weight is 309 g/mol. The predicted molar refractivity (Wildman–Crippen MR) is 61.6 cm³/mol. The second kappa shape index (κ2) is 5.59. The van der Waals surface area contributed by atoms with Gasteiger partial charge < -0.3 is 14.4 Å². The standard InChI is InChI=1S/C10H11BrF2N2O2/c11-7-5-8(15-1-3-16-4-2-15)9(14-6-7)17-10(12)13/h5-6,10H,1-4H2. The van der Waals surface area contributed by atoms with Gasteiger partial charge in [0.25, 0.3) is 0 Å². The second-order valence-corrected chi connectivity index (χ2v) is 4.37. The summed E-state index contributed by atoms with van der Waals surface area (Å²) < 4.78 is 34.8. The molecule has 1 saturated heterocycles. The molecule has 4 nitrogen and oxygen atoms in total. The van der Waals surface area contributed by atoms with Crippen LogP contribution >= 0.6 is 15.9 Å². The van der Waals surface area contributed by atoms with Crippen LogP contribution in [-0.4, -0.2) is 37.9 Å². The Morgan fingerprint density at radius 3 is 2.76 bits per heavy atom. The Hall–Kier alpha value is -0.950. The Kier molecular flexibility index (Phi) is 4.11. The molecule has 17 heavy (non-hydrogen) atoms. The van der Waals surface area contributed by atoms with Crippen molar-refractivity contribution in [1.29, 1.82) is 0 Å². The van der Waals surface area contributed by atoms with Crippen LogP contribution < -0.4 is 9.64 Å². The first-order chi connectivity index (χ1) is 8.16. The second-order valence-electron chi connectivity index (χ2n) is 3.46. The van der Waals surface area contributed by atoms with Crippen LogP contribution in [0.5, 0.6) is 5.88 Å². The van der Waals surface area contributed by atoms with Gasteiger partial charge >= 0.3 is 6.61 Å². The summed E-state index contributed by atoms with van der Waals surface area (Å²) in [6.45, 7) is -0.458. The van der Waals surface area contributed by atoms with E-state index < -0.39 is 6.61 Å². The Labute approximate surface area is 106 Å². The van der Waals surface area contributed by atoms with Gasteiger partial charge in [0.05, 0.1) is 13.2 Å². The zero-order valence-corrected chi connectivity index (χ0v) is 10.5. The highest BCUT2D eigenvalue weighted by Gasteiger charge is 2.19. The van der Waals surface area contributed by atoms with E-state index in [2.05, 4.69) is 25.7 Å². The molecule has 1 aliphatic heterocycles. The third kappa shape index (κ3) is 3.26. The minimum absolute atomic E-state index is 0.0508. The van der Waals surface area contributed by atoms with Crippen molar-refractivity contribution in [2.24, 2.45) is 0 Å². The predicted octanol–water partition coefficient (Wildman–Crippen LogP) is 2.28. The molecule has 0 saturated carbocycles. The van der Waals surface area contributed by atoms with Gasteiger partial charge in [0.15, 0.2) is 0 Å². The van der Waals surface area contributed by atoms with E-state index in [-0.39, 0.29) is 5.88 Å². The molecule has 7 heteroatoms. The lowest BCUT2D eigenvalue weighted by Gasteiger charge is -2.29. The van der Waals surface area contributed by atoms with E-state index in [4.69, 9.17) is 4.74 Å². The van der Waals surface area contributed by atoms with Gasteiger partial charge in [-0.05, 0) is 22.0 Å². The topological polar surface area (TPSA) is 34.6 Å². The zero-order chi connectivity index (χ0) is 12.3. The quantitative estimate of drug-likeness (QED) is 0.858. The molecular weight excluding hydrogens is 298 g/mol. The molecule has 0 radical (unpaired) electrons. The fourth-order valence-electron chi connectivity index (χ4n) is 1.62. The van der Waals surface area contributed by atoms with Crippen molar-refractivity contribution in [2.45, 2.75) is 6.61 Å². The molecule has 0 spiro atoms. The number of morpholine rings is 1. The zero-order valence-electron chi connectivity index (χ0n) is 8.91. The maximum absolute atomic E-state index is 12.3. The van der Waals surface area contributed by atoms with Gasteiger partial charge in [-0.25, -0.2) is 4.98 Å². The number of rotatable bonds is 3. The summed E-state index contributed by atoms with van der Waals surface area (Å²) in [5.74, 6) is -0.0508. The maximum Gasteiger partial charge on any atom is 0.388 e. The van der Waals surface area contributed by atoms with Crippen LogP contribution in [0.25, 0.3) is 0 Å². The van der Waals surface area contributed by atoms with Crippen LogP contribution in [0.1, 0.15) is 0 Å². The summed E-state index contributed by atoms with van der Waals surface area (Å²) >= 11 is 3.27. The molecule has 0 unspecified atom stereocenters. The van der Waals surface area contributed by atoms with E-state index in [1.807, 2.05) is 4.90 Å². The summed E-state index contributed by atoms with van der Waals surface area (Å²) in [7, 11) is 0. The van der Waals surface area contributed by atoms with Crippen molar-refractivity contribution in [3.8, 4) is 5.88 Å². The summed E-state index contributed by atoms with van der Waals surface area (Å²) in [6, 6.07) is 1.72. The first kappa shape index (κ1) is 12.5. The first-order valence-electron chi connectivity index (χ1n) is 5.10. The molecule has 2 rings (SSSR count). The molecule has 0 atom stereocenters. The summed E-state index contributed by atoms with van der Waals surface area (Å²) in [5, 5.41) is 0. The lowest BCUT2D eigenvalue weighted by atomic mass is 10.3. The lowest BCUT2D eigenvalue weighted by molar-refractivity contribution is -0.0525. The van der Waals surface area contributed by atoms with Gasteiger partial charge in [0.1, 0.15) is 5.69 Å². The van der Waals surface area contributed by atoms with Crippen molar-refractivity contribution >= 4 is 21.6 Å². The third-order valence-electron chi connectivity index (χ3n) is 2.35. The molecule has 0 bridgehead atoms. The molecule has 1 fully saturated rings. The highest BCUT2D eigenvalue weighted by molar-refractivity contribution is 9.10. The van der Waals surface area contributed by atoms with E-state index >= 15 is 0 Å². The van der Waals surface area contributed by atoms with Crippen molar-refractivity contribution in [2.75, 3.05) is 31.2 Å². The Morgan fingerprint density at radius 1 is 1.41 bits per heavy atom. The molecule has 0 aromatic carbocycles. The SMILES string of the molecule is FC(F)Oc1ncc(Br)cc1N1CCOCC1. The minimum Gasteiger partial charge on any atom is -0.415 e. The van der Waals surface area contributed by atoms with E-state index in [0.29, 0.717) is 32.0 Å². The van der Waals surface area contributed by atoms with Gasteiger partial charge in [-0.1, -0.05) is 0 Å². The average Bonchev–Trinajstić information content (AvgIpc) is 2.32. The third-order valence-corrected chi connectivity index (χ3v) is 2.79. The van der Waals surface area contributed by atoms with Crippen LogP contribution in [-0.2, 0) is 4.74 Å². The van der Waals surface area contributed by atoms with E-state index in [0.717, 1.165) is 4.47 Å². The fourth-order valence-corrected chi connectivity index (χ4v) is 1.94. The van der Waals surface area contributed by atoms with Crippen LogP contribution in [0.15, 0.2) is 16.7 Å². The fraction of sp³-hybridized carbons (Fsp3) is 0.500. The summed E-state index contributed by atoms with van der Waals surface area (Å²) in [4.78, 5) is 5.78. The number of pyridine rings is 1. The van der Waals surface area contributed by atoms with Gasteiger partial charge in [0.2, 0.25) is 5.88 Å². The highest BCUT2D eigenvalue weighted by atomic mass is 79.9. The van der Waals surface area contributed by atoms with Crippen molar-refractivity contribution in [3.63, 3.8) is 0 Å². The Balaban J connectivity index is 2.25. The van der Waals surface area contributed by atoms with Gasteiger partial charge in [0, 0.05) is 23.8 Å². The molecule has 0 aliphatic carbocycles. The van der Waals surface area contributed by atoms with Crippen molar-refractivity contribution in [1.82, 2.24) is 4.98 Å². The minimum atomic E-state index is -2.87. The van der Waals surface area contributed by atoms with Crippen LogP contribution in [0.4, 0.5) is 14.5 Å². The number of anilines is 1. The van der Waals surface area contributed by atoms with Gasteiger partial charge in [-0.15, -0.1) is 0 Å². The molecule has 0 N–H and O–H groups in total. The smallest absolute Gasteiger partial charge is 0.388 e. The Bertz CT molecular complexity index is 387. The monoisotopic (exact) mass is 308 g/mol. The molecule has 1 aromatic heterocycles. The number of hydrogen-bond donors (Lipinski definition) is 0. The van der Waals surface area contributed by atoms with E-state index in [9.17, 15) is 8.78 Å². The number of hydrogen-bond acceptors (Lipinski definition) is 4. The van der Waals surface area contributed by atoms with Crippen LogP contribution in [0.3, 0.4) is 0 Å². The van der Waals surface area contributed by atoms with Crippen molar-refractivity contribution < 1.29 is 18.3 Å². The largest absolute Gasteiger partial charge is 0.415 e. The number of halogens is 3. The molecule has 94 valence electrons. The first-order valence-corrected chi connectivity index (χ1v) is 5.89. The van der Waals surface area contributed by atoms with E-state index in [1.54, 1.807) is 6.07 Å². The number of aromatic nitrogens is 1.